The van der Waals surface area contributed by atoms with Gasteiger partial charge in [-0.3, -0.25) is 0 Å². The van der Waals surface area contributed by atoms with Crippen molar-refractivity contribution in [1.29, 1.82) is 0 Å². The van der Waals surface area contributed by atoms with Crippen LogP contribution in [0.3, 0.4) is 0 Å². The molecule has 4 heterocycles. The maximum atomic E-state index is 6.69. The van der Waals surface area contributed by atoms with E-state index in [2.05, 4.69) is 104 Å². The van der Waals surface area contributed by atoms with Gasteiger partial charge in [0.15, 0.2) is 0 Å². The number of ether oxygens (including phenoxy) is 1. The Morgan fingerprint density at radius 3 is 2.69 bits per heavy atom. The molecule has 3 aliphatic heterocycles. The van der Waals surface area contributed by atoms with Crippen LogP contribution in [-0.4, -0.2) is 12.8 Å². The number of benzene rings is 3. The van der Waals surface area contributed by atoms with Crippen molar-refractivity contribution in [2.45, 2.75) is 13.3 Å². The van der Waals surface area contributed by atoms with Gasteiger partial charge in [-0.1, -0.05) is 0 Å². The fourth-order valence-corrected chi connectivity index (χ4v) is 13.0. The summed E-state index contributed by atoms with van der Waals surface area (Å²) in [4.78, 5) is 0. The molecule has 0 aliphatic carbocycles. The summed E-state index contributed by atoms with van der Waals surface area (Å²) in [6.45, 7) is 6.43. The van der Waals surface area contributed by atoms with E-state index in [0.29, 0.717) is 0 Å². The van der Waals surface area contributed by atoms with E-state index in [-0.39, 0.29) is 0 Å². The minimum atomic E-state index is -2.84. The molecule has 7 rings (SSSR count). The first-order valence-electron chi connectivity index (χ1n) is 11.3. The van der Waals surface area contributed by atoms with E-state index >= 15 is 0 Å². The van der Waals surface area contributed by atoms with Crippen molar-refractivity contribution in [3.05, 3.63) is 90.6 Å². The van der Waals surface area contributed by atoms with Crippen LogP contribution in [-0.2, 0) is 0 Å². The average molecular weight is 434 g/mol. The molecule has 0 N–H and O–H groups in total. The summed E-state index contributed by atoms with van der Waals surface area (Å²) in [6.07, 6.45) is 8.70. The van der Waals surface area contributed by atoms with Crippen molar-refractivity contribution in [2.24, 2.45) is 0 Å². The summed E-state index contributed by atoms with van der Waals surface area (Å²) in [6, 6.07) is 22.1. The molecule has 3 aliphatic rings. The minimum absolute atomic E-state index is 0.973. The molecule has 0 unspecified atom stereocenters. The Labute approximate surface area is 188 Å². The van der Waals surface area contributed by atoms with Gasteiger partial charge in [0.1, 0.15) is 0 Å². The van der Waals surface area contributed by atoms with E-state index in [1.165, 1.54) is 49.3 Å². The van der Waals surface area contributed by atoms with Gasteiger partial charge in [-0.25, -0.2) is 0 Å². The number of nitrogens with zero attached hydrogens (tertiary/aromatic N) is 1. The fourth-order valence-electron chi connectivity index (χ4n) is 6.62. The van der Waals surface area contributed by atoms with Gasteiger partial charge in [0.2, 0.25) is 0 Å². The van der Waals surface area contributed by atoms with E-state index in [9.17, 15) is 0 Å². The molecular weight excluding hydrogens is 409 g/mol. The van der Waals surface area contributed by atoms with E-state index in [1.807, 2.05) is 0 Å². The molecule has 1 aromatic heterocycles. The predicted octanol–water partition coefficient (Wildman–Crippen LogP) is 6.26. The molecule has 0 fully saturated rings. The van der Waals surface area contributed by atoms with Crippen molar-refractivity contribution in [2.75, 3.05) is 12.8 Å². The number of fused-ring (bicyclic) bond motifs is 2. The van der Waals surface area contributed by atoms with Gasteiger partial charge in [-0.2, -0.15) is 0 Å². The molecule has 0 amide bonds. The molecule has 0 atom stereocenters. The molecule has 3 heteroatoms. The Bertz CT molecular complexity index is 1570. The summed E-state index contributed by atoms with van der Waals surface area (Å²) in [5, 5.41) is 5.44. The maximum absolute atomic E-state index is 6.69. The Morgan fingerprint density at radius 1 is 0.969 bits per heavy atom. The standard InChI is InChI=1S/C29H25NOP/c1-4-8-20-12-13-21-14-15-25-29-27(21)26(20)19(2)16-18-32(29,3)28-22(9-7-11-24(28)31-25)23-10-5-6-17-30(23)32/h4-15,17H,2,16,18H2,1,3H3/q+1/b8-4-. The van der Waals surface area contributed by atoms with E-state index in [1.54, 1.807) is 0 Å². The molecule has 3 aromatic carbocycles. The molecule has 156 valence electrons. The van der Waals surface area contributed by atoms with Crippen molar-refractivity contribution >= 4 is 39.8 Å². The molecule has 0 bridgehead atoms. The Kier molecular flexibility index (Phi) is 3.31. The molecule has 1 spiro atoms. The average Bonchev–Trinajstić information content (AvgIpc) is 2.98. The predicted molar refractivity (Wildman–Crippen MR) is 137 cm³/mol. The number of hydrogen-bond donors (Lipinski definition) is 0. The van der Waals surface area contributed by atoms with Gasteiger partial charge >= 0.3 is 188 Å². The third-order valence-corrected chi connectivity index (χ3v) is 14.0. The first-order chi connectivity index (χ1) is 15.6. The van der Waals surface area contributed by atoms with Crippen molar-refractivity contribution in [3.63, 3.8) is 0 Å². The van der Waals surface area contributed by atoms with Crippen LogP contribution < -0.4 is 19.7 Å². The zero-order valence-corrected chi connectivity index (χ0v) is 19.3. The summed E-state index contributed by atoms with van der Waals surface area (Å²) in [7, 11) is 0. The van der Waals surface area contributed by atoms with Gasteiger partial charge in [-0.15, -0.1) is 0 Å². The third kappa shape index (κ3) is 1.86. The van der Waals surface area contributed by atoms with Gasteiger partial charge in [-0.05, 0) is 0 Å². The second kappa shape index (κ2) is 5.77. The van der Waals surface area contributed by atoms with Crippen LogP contribution in [0.25, 0.3) is 33.7 Å². The van der Waals surface area contributed by atoms with Gasteiger partial charge < -0.3 is 0 Å². The molecule has 4 aromatic rings. The normalized spacial score (nSPS) is 19.6. The van der Waals surface area contributed by atoms with Gasteiger partial charge in [0.05, 0.1) is 0 Å². The van der Waals surface area contributed by atoms with Crippen molar-refractivity contribution in [3.8, 4) is 22.8 Å². The Morgan fingerprint density at radius 2 is 1.81 bits per heavy atom. The second-order valence-corrected chi connectivity index (χ2v) is 14.8. The number of hydrogen-bond acceptors (Lipinski definition) is 1. The van der Waals surface area contributed by atoms with Gasteiger partial charge in [0.25, 0.3) is 0 Å². The SMILES string of the molecule is C=C1CCP23(C)c4c(cccc4-c4cccc[n+]42)Oc2ccc4ccc(/C=C\C)c1c4c23. The van der Waals surface area contributed by atoms with E-state index in [0.717, 1.165) is 24.1 Å². The summed E-state index contributed by atoms with van der Waals surface area (Å²) in [5.74, 6) is 2.04. The molecular formula is C29H25NOP+. The van der Waals surface area contributed by atoms with Crippen LogP contribution in [0.4, 0.5) is 0 Å². The van der Waals surface area contributed by atoms with Gasteiger partial charge in [0, 0.05) is 0 Å². The molecule has 0 saturated carbocycles. The Hall–Kier alpha value is -3.22. The molecule has 0 saturated heterocycles. The number of rotatable bonds is 1. The number of allylic oxidation sites excluding steroid dienone is 2. The fraction of sp³-hybridized carbons (Fsp3) is 0.138. The Balaban J connectivity index is 1.79. The molecule has 0 radical (unpaired) electrons. The summed E-state index contributed by atoms with van der Waals surface area (Å²) >= 11 is 0. The van der Waals surface area contributed by atoms with Crippen molar-refractivity contribution in [1.82, 2.24) is 0 Å². The van der Waals surface area contributed by atoms with E-state index in [4.69, 9.17) is 4.74 Å². The number of pyridine rings is 1. The monoisotopic (exact) mass is 434 g/mol. The summed E-state index contributed by atoms with van der Waals surface area (Å²) < 4.78 is 9.33. The topological polar surface area (TPSA) is 13.1 Å². The first-order valence-corrected chi connectivity index (χ1v) is 14.1. The number of aromatic nitrogens is 1. The van der Waals surface area contributed by atoms with Crippen LogP contribution in [0.15, 0.2) is 79.5 Å². The molecule has 2 nitrogen and oxygen atoms in total. The zero-order valence-electron chi connectivity index (χ0n) is 18.4. The second-order valence-electron chi connectivity index (χ2n) is 9.54. The molecule has 32 heavy (non-hydrogen) atoms. The quantitative estimate of drug-likeness (QED) is 0.322. The first kappa shape index (κ1) is 18.4. The summed E-state index contributed by atoms with van der Waals surface area (Å²) in [5.41, 5.74) is 6.41. The van der Waals surface area contributed by atoms with Crippen LogP contribution in [0.2, 0.25) is 0 Å². The zero-order chi connectivity index (χ0) is 21.7. The third-order valence-electron chi connectivity index (χ3n) is 7.92. The van der Waals surface area contributed by atoms with Crippen LogP contribution in [0.1, 0.15) is 24.5 Å². The van der Waals surface area contributed by atoms with E-state index < -0.39 is 6.75 Å². The van der Waals surface area contributed by atoms with Crippen LogP contribution in [0, 0.1) is 0 Å². The van der Waals surface area contributed by atoms with Crippen molar-refractivity contribution < 1.29 is 9.07 Å². The van der Waals surface area contributed by atoms with Crippen LogP contribution in [0.5, 0.6) is 11.5 Å². The van der Waals surface area contributed by atoms with Crippen LogP contribution >= 0.6 is 6.75 Å².